The molecule has 1 unspecified atom stereocenters. The highest BCUT2D eigenvalue weighted by atomic mass is 16.5. The van der Waals surface area contributed by atoms with Crippen LogP contribution in [0.4, 0.5) is 5.69 Å². The highest BCUT2D eigenvalue weighted by molar-refractivity contribution is 5.75. The van der Waals surface area contributed by atoms with Crippen LogP contribution in [-0.2, 0) is 29.5 Å². The molecule has 1 amide bonds. The first kappa shape index (κ1) is 20.1. The fourth-order valence-electron chi connectivity index (χ4n) is 3.30. The number of imidazole rings is 1. The standard InChI is InChI=1S/C19H28N6O3/c1-3-17-20-7-9-24(17)8-5-18(26)21-6-4-16-14-25(10-11-28-16)15-12-19(27)23(2)22-13-15/h7,9,12-13,16H,3-6,8,10-11,14H2,1-2H3,(H,21,26). The summed E-state index contributed by atoms with van der Waals surface area (Å²) < 4.78 is 9.13. The number of amides is 1. The zero-order chi connectivity index (χ0) is 19.9. The van der Waals surface area contributed by atoms with Crippen LogP contribution in [0.1, 0.15) is 25.6 Å². The van der Waals surface area contributed by atoms with Crippen LogP contribution < -0.4 is 15.8 Å². The molecule has 28 heavy (non-hydrogen) atoms. The molecule has 1 aliphatic heterocycles. The smallest absolute Gasteiger partial charge is 0.268 e. The van der Waals surface area contributed by atoms with Gasteiger partial charge in [0.1, 0.15) is 5.82 Å². The molecule has 2 aromatic rings. The van der Waals surface area contributed by atoms with Crippen molar-refractivity contribution in [3.05, 3.63) is 40.8 Å². The normalized spacial score (nSPS) is 16.9. The maximum Gasteiger partial charge on any atom is 0.268 e. The van der Waals surface area contributed by atoms with Gasteiger partial charge in [-0.3, -0.25) is 9.59 Å². The Morgan fingerprint density at radius 1 is 1.43 bits per heavy atom. The first-order valence-corrected chi connectivity index (χ1v) is 9.73. The van der Waals surface area contributed by atoms with Gasteiger partial charge in [-0.15, -0.1) is 0 Å². The quantitative estimate of drug-likeness (QED) is 0.701. The Kier molecular flexibility index (Phi) is 6.80. The molecule has 0 spiro atoms. The van der Waals surface area contributed by atoms with E-state index in [0.717, 1.165) is 30.9 Å². The van der Waals surface area contributed by atoms with Crippen LogP contribution >= 0.6 is 0 Å². The Bertz CT molecular complexity index is 846. The third-order valence-corrected chi connectivity index (χ3v) is 4.94. The monoisotopic (exact) mass is 388 g/mol. The van der Waals surface area contributed by atoms with Crippen molar-refractivity contribution in [2.45, 2.75) is 38.8 Å². The van der Waals surface area contributed by atoms with Crippen LogP contribution in [0.3, 0.4) is 0 Å². The summed E-state index contributed by atoms with van der Waals surface area (Å²) in [5.41, 5.74) is 0.685. The zero-order valence-electron chi connectivity index (χ0n) is 16.5. The second-order valence-electron chi connectivity index (χ2n) is 6.89. The van der Waals surface area contributed by atoms with Gasteiger partial charge in [0.15, 0.2) is 0 Å². The van der Waals surface area contributed by atoms with Gasteiger partial charge in [0.25, 0.3) is 5.56 Å². The third kappa shape index (κ3) is 5.19. The number of hydrogen-bond acceptors (Lipinski definition) is 6. The number of nitrogens with zero attached hydrogens (tertiary/aromatic N) is 5. The van der Waals surface area contributed by atoms with Crippen molar-refractivity contribution < 1.29 is 9.53 Å². The van der Waals surface area contributed by atoms with E-state index < -0.39 is 0 Å². The summed E-state index contributed by atoms with van der Waals surface area (Å²) in [6.07, 6.45) is 7.40. The lowest BCUT2D eigenvalue weighted by molar-refractivity contribution is -0.121. The zero-order valence-corrected chi connectivity index (χ0v) is 16.5. The number of morpholine rings is 1. The summed E-state index contributed by atoms with van der Waals surface area (Å²) in [6.45, 7) is 5.25. The number of aromatic nitrogens is 4. The van der Waals surface area contributed by atoms with Crippen molar-refractivity contribution in [1.29, 1.82) is 0 Å². The van der Waals surface area contributed by atoms with E-state index >= 15 is 0 Å². The maximum absolute atomic E-state index is 12.1. The minimum atomic E-state index is -0.128. The number of carbonyl (C=O) groups excluding carboxylic acids is 1. The maximum atomic E-state index is 12.1. The van der Waals surface area contributed by atoms with Crippen LogP contribution in [0.5, 0.6) is 0 Å². The van der Waals surface area contributed by atoms with Crippen molar-refractivity contribution in [3.8, 4) is 0 Å². The Hall–Kier alpha value is -2.68. The average molecular weight is 388 g/mol. The minimum Gasteiger partial charge on any atom is -0.374 e. The highest BCUT2D eigenvalue weighted by Gasteiger charge is 2.21. The molecular formula is C19H28N6O3. The fourth-order valence-corrected chi connectivity index (χ4v) is 3.30. The molecule has 0 saturated carbocycles. The molecule has 1 N–H and O–H groups in total. The molecule has 2 aromatic heterocycles. The summed E-state index contributed by atoms with van der Waals surface area (Å²) in [5.74, 6) is 1.02. The van der Waals surface area contributed by atoms with E-state index in [1.165, 1.54) is 4.68 Å². The summed E-state index contributed by atoms with van der Waals surface area (Å²) in [7, 11) is 1.63. The van der Waals surface area contributed by atoms with Gasteiger partial charge in [-0.25, -0.2) is 9.67 Å². The topological polar surface area (TPSA) is 94.3 Å². The third-order valence-electron chi connectivity index (χ3n) is 4.94. The number of anilines is 1. The lowest BCUT2D eigenvalue weighted by Gasteiger charge is -2.34. The molecular weight excluding hydrogens is 360 g/mol. The largest absolute Gasteiger partial charge is 0.374 e. The highest BCUT2D eigenvalue weighted by Crippen LogP contribution is 2.16. The van der Waals surface area contributed by atoms with Gasteiger partial charge >= 0.3 is 0 Å². The van der Waals surface area contributed by atoms with Gasteiger partial charge < -0.3 is 19.5 Å². The van der Waals surface area contributed by atoms with Gasteiger partial charge in [0, 0.05) is 64.5 Å². The van der Waals surface area contributed by atoms with E-state index in [9.17, 15) is 9.59 Å². The van der Waals surface area contributed by atoms with E-state index in [1.54, 1.807) is 25.5 Å². The van der Waals surface area contributed by atoms with E-state index in [1.807, 2.05) is 10.8 Å². The number of ether oxygens (including phenoxy) is 1. The summed E-state index contributed by atoms with van der Waals surface area (Å²) >= 11 is 0. The predicted molar refractivity (Wildman–Crippen MR) is 105 cm³/mol. The Balaban J connectivity index is 1.41. The van der Waals surface area contributed by atoms with Crippen molar-refractivity contribution >= 4 is 11.6 Å². The Morgan fingerprint density at radius 3 is 3.07 bits per heavy atom. The fraction of sp³-hybridized carbons (Fsp3) is 0.579. The number of nitrogens with one attached hydrogen (secondary N) is 1. The lowest BCUT2D eigenvalue weighted by atomic mass is 10.2. The molecule has 1 fully saturated rings. The van der Waals surface area contributed by atoms with Gasteiger partial charge in [0.05, 0.1) is 24.6 Å². The van der Waals surface area contributed by atoms with Crippen molar-refractivity contribution in [2.24, 2.45) is 7.05 Å². The average Bonchev–Trinajstić information content (AvgIpc) is 3.16. The molecule has 1 aliphatic rings. The molecule has 0 aliphatic carbocycles. The van der Waals surface area contributed by atoms with E-state index in [0.29, 0.717) is 32.7 Å². The molecule has 9 nitrogen and oxygen atoms in total. The second kappa shape index (κ2) is 9.50. The van der Waals surface area contributed by atoms with Crippen LogP contribution in [0.2, 0.25) is 0 Å². The van der Waals surface area contributed by atoms with Gasteiger partial charge in [-0.2, -0.15) is 5.10 Å². The van der Waals surface area contributed by atoms with Crippen molar-refractivity contribution in [3.63, 3.8) is 0 Å². The molecule has 3 rings (SSSR count). The molecule has 152 valence electrons. The molecule has 3 heterocycles. The van der Waals surface area contributed by atoms with Crippen LogP contribution in [0.15, 0.2) is 29.5 Å². The molecule has 1 saturated heterocycles. The van der Waals surface area contributed by atoms with E-state index in [4.69, 9.17) is 4.74 Å². The number of aryl methyl sites for hydroxylation is 3. The van der Waals surface area contributed by atoms with Gasteiger partial charge in [-0.05, 0) is 6.42 Å². The number of hydrogen-bond donors (Lipinski definition) is 1. The molecule has 0 bridgehead atoms. The minimum absolute atomic E-state index is 0.0125. The SMILES string of the molecule is CCc1nccn1CCC(=O)NCCC1CN(c2cnn(C)c(=O)c2)CCO1. The van der Waals surface area contributed by atoms with Crippen LogP contribution in [0.25, 0.3) is 0 Å². The second-order valence-corrected chi connectivity index (χ2v) is 6.89. The van der Waals surface area contributed by atoms with E-state index in [2.05, 4.69) is 27.2 Å². The Labute approximate surface area is 164 Å². The lowest BCUT2D eigenvalue weighted by Crippen LogP contribution is -2.44. The number of rotatable bonds is 8. The van der Waals surface area contributed by atoms with Crippen molar-refractivity contribution in [2.75, 3.05) is 31.1 Å². The summed E-state index contributed by atoms with van der Waals surface area (Å²) in [4.78, 5) is 30.3. The van der Waals surface area contributed by atoms with Crippen LogP contribution in [-0.4, -0.2) is 57.6 Å². The molecule has 9 heteroatoms. The molecule has 1 atom stereocenters. The molecule has 0 aromatic carbocycles. The number of carbonyl (C=O) groups is 1. The Morgan fingerprint density at radius 2 is 2.29 bits per heavy atom. The van der Waals surface area contributed by atoms with Crippen LogP contribution in [0, 0.1) is 0 Å². The predicted octanol–water partition coefficient (Wildman–Crippen LogP) is 0.341. The van der Waals surface area contributed by atoms with Gasteiger partial charge in [-0.1, -0.05) is 6.92 Å². The first-order valence-electron chi connectivity index (χ1n) is 9.73. The van der Waals surface area contributed by atoms with Gasteiger partial charge in [0.2, 0.25) is 5.91 Å². The summed E-state index contributed by atoms with van der Waals surface area (Å²) in [6, 6.07) is 1.60. The molecule has 0 radical (unpaired) electrons. The first-order chi connectivity index (χ1) is 13.6. The van der Waals surface area contributed by atoms with E-state index in [-0.39, 0.29) is 17.6 Å². The summed E-state index contributed by atoms with van der Waals surface area (Å²) in [5, 5.41) is 7.04. The van der Waals surface area contributed by atoms with Crippen molar-refractivity contribution in [1.82, 2.24) is 24.6 Å².